The van der Waals surface area contributed by atoms with E-state index in [-0.39, 0.29) is 0 Å². The molecular formula is C16H22N2O2. The van der Waals surface area contributed by atoms with E-state index in [1.54, 1.807) is 14.0 Å². The summed E-state index contributed by atoms with van der Waals surface area (Å²) in [6, 6.07) is 9.81. The average molecular weight is 274 g/mol. The second-order valence-corrected chi connectivity index (χ2v) is 5.53. The molecule has 0 spiro atoms. The number of rotatable bonds is 5. The van der Waals surface area contributed by atoms with Crippen LogP contribution in [0.25, 0.3) is 0 Å². The lowest BCUT2D eigenvalue weighted by Crippen LogP contribution is -2.25. The highest BCUT2D eigenvalue weighted by Gasteiger charge is 2.28. The van der Waals surface area contributed by atoms with Gasteiger partial charge in [0, 0.05) is 24.2 Å². The molecule has 0 aliphatic heterocycles. The van der Waals surface area contributed by atoms with Crippen LogP contribution >= 0.6 is 0 Å². The van der Waals surface area contributed by atoms with Crippen LogP contribution in [0, 0.1) is 0 Å². The zero-order valence-electron chi connectivity index (χ0n) is 12.5. The fraction of sp³-hybridized carbons (Fsp3) is 0.438. The van der Waals surface area contributed by atoms with Crippen molar-refractivity contribution < 1.29 is 9.84 Å². The molecule has 1 atom stereocenters. The van der Waals surface area contributed by atoms with Crippen molar-refractivity contribution in [2.24, 2.45) is 0 Å². The van der Waals surface area contributed by atoms with Gasteiger partial charge in [0.15, 0.2) is 0 Å². The molecule has 4 nitrogen and oxygen atoms in total. The van der Waals surface area contributed by atoms with Gasteiger partial charge >= 0.3 is 0 Å². The second-order valence-electron chi connectivity index (χ2n) is 5.53. The summed E-state index contributed by atoms with van der Waals surface area (Å²) >= 11 is 0. The fourth-order valence-electron chi connectivity index (χ4n) is 2.30. The molecule has 0 fully saturated rings. The van der Waals surface area contributed by atoms with E-state index in [1.165, 1.54) is 0 Å². The molecule has 4 heteroatoms. The Balaban J connectivity index is 2.25. The zero-order valence-corrected chi connectivity index (χ0v) is 12.5. The van der Waals surface area contributed by atoms with E-state index in [0.29, 0.717) is 18.2 Å². The Labute approximate surface area is 120 Å². The minimum atomic E-state index is -1.01. The van der Waals surface area contributed by atoms with Gasteiger partial charge in [0.05, 0.1) is 18.4 Å². The Morgan fingerprint density at radius 3 is 2.60 bits per heavy atom. The van der Waals surface area contributed by atoms with E-state index >= 15 is 0 Å². The molecule has 108 valence electrons. The van der Waals surface area contributed by atoms with Crippen LogP contribution in [0.4, 0.5) is 0 Å². The van der Waals surface area contributed by atoms with Crippen molar-refractivity contribution in [2.45, 2.75) is 38.8 Å². The molecule has 1 aromatic heterocycles. The van der Waals surface area contributed by atoms with E-state index in [4.69, 9.17) is 4.74 Å². The van der Waals surface area contributed by atoms with Crippen molar-refractivity contribution in [1.82, 2.24) is 9.78 Å². The van der Waals surface area contributed by atoms with E-state index in [2.05, 4.69) is 18.9 Å². The van der Waals surface area contributed by atoms with Gasteiger partial charge in [-0.3, -0.25) is 4.68 Å². The SMILES string of the molecule is COc1ccccc1C(C)(O)Cc1ccn(C(C)C)n1. The molecule has 1 heterocycles. The van der Waals surface area contributed by atoms with Crippen LogP contribution in [0.15, 0.2) is 36.5 Å². The number of benzene rings is 1. The van der Waals surface area contributed by atoms with Crippen LogP contribution < -0.4 is 4.74 Å². The first-order chi connectivity index (χ1) is 9.44. The summed E-state index contributed by atoms with van der Waals surface area (Å²) in [5.41, 5.74) is 0.638. The summed E-state index contributed by atoms with van der Waals surface area (Å²) in [6.45, 7) is 5.95. The molecule has 1 N–H and O–H groups in total. The van der Waals surface area contributed by atoms with Crippen molar-refractivity contribution in [3.8, 4) is 5.75 Å². The smallest absolute Gasteiger partial charge is 0.124 e. The van der Waals surface area contributed by atoms with Gasteiger partial charge in [-0.1, -0.05) is 18.2 Å². The summed E-state index contributed by atoms with van der Waals surface area (Å²) in [4.78, 5) is 0. The number of hydrogen-bond acceptors (Lipinski definition) is 3. The molecule has 0 saturated carbocycles. The topological polar surface area (TPSA) is 47.3 Å². The lowest BCUT2D eigenvalue weighted by atomic mass is 9.90. The highest BCUT2D eigenvalue weighted by Crippen LogP contribution is 2.32. The molecule has 0 bridgehead atoms. The maximum absolute atomic E-state index is 10.8. The maximum Gasteiger partial charge on any atom is 0.124 e. The Hall–Kier alpha value is -1.81. The summed E-state index contributed by atoms with van der Waals surface area (Å²) in [7, 11) is 1.61. The van der Waals surface area contributed by atoms with Crippen molar-refractivity contribution in [3.05, 3.63) is 47.8 Å². The van der Waals surface area contributed by atoms with Crippen molar-refractivity contribution in [2.75, 3.05) is 7.11 Å². The predicted octanol–water partition coefficient (Wildman–Crippen LogP) is 2.92. The third-order valence-electron chi connectivity index (χ3n) is 3.41. The van der Waals surface area contributed by atoms with Crippen LogP contribution in [-0.4, -0.2) is 22.0 Å². The van der Waals surface area contributed by atoms with E-state index in [9.17, 15) is 5.11 Å². The van der Waals surface area contributed by atoms with Gasteiger partial charge in [-0.25, -0.2) is 0 Å². The Morgan fingerprint density at radius 2 is 2.00 bits per heavy atom. The molecule has 0 aliphatic carbocycles. The number of ether oxygens (including phenoxy) is 1. The van der Waals surface area contributed by atoms with Crippen LogP contribution in [0.1, 0.15) is 38.1 Å². The quantitative estimate of drug-likeness (QED) is 0.912. The Bertz CT molecular complexity index is 573. The molecule has 0 radical (unpaired) electrons. The van der Waals surface area contributed by atoms with E-state index in [0.717, 1.165) is 11.3 Å². The first-order valence-corrected chi connectivity index (χ1v) is 6.84. The Morgan fingerprint density at radius 1 is 1.30 bits per heavy atom. The monoisotopic (exact) mass is 274 g/mol. The van der Waals surface area contributed by atoms with Gasteiger partial charge < -0.3 is 9.84 Å². The third-order valence-corrected chi connectivity index (χ3v) is 3.41. The van der Waals surface area contributed by atoms with Crippen LogP contribution in [0.3, 0.4) is 0 Å². The molecule has 0 amide bonds. The standard InChI is InChI=1S/C16H22N2O2/c1-12(2)18-10-9-13(17-18)11-16(3,19)14-7-5-6-8-15(14)20-4/h5-10,12,19H,11H2,1-4H3. The Kier molecular flexibility index (Phi) is 4.14. The largest absolute Gasteiger partial charge is 0.496 e. The highest BCUT2D eigenvalue weighted by molar-refractivity contribution is 5.38. The lowest BCUT2D eigenvalue weighted by Gasteiger charge is -2.25. The molecule has 0 saturated heterocycles. The van der Waals surface area contributed by atoms with E-state index < -0.39 is 5.60 Å². The molecule has 2 aromatic rings. The van der Waals surface area contributed by atoms with Crippen molar-refractivity contribution in [1.29, 1.82) is 0 Å². The predicted molar refractivity (Wildman–Crippen MR) is 78.9 cm³/mol. The lowest BCUT2D eigenvalue weighted by molar-refractivity contribution is 0.0537. The van der Waals surface area contributed by atoms with Crippen LogP contribution in [0.2, 0.25) is 0 Å². The van der Waals surface area contributed by atoms with Gasteiger partial charge in [0.25, 0.3) is 0 Å². The van der Waals surface area contributed by atoms with Crippen molar-refractivity contribution >= 4 is 0 Å². The van der Waals surface area contributed by atoms with Gasteiger partial charge in [0.1, 0.15) is 5.75 Å². The first-order valence-electron chi connectivity index (χ1n) is 6.84. The minimum Gasteiger partial charge on any atom is -0.496 e. The average Bonchev–Trinajstić information content (AvgIpc) is 2.86. The molecule has 20 heavy (non-hydrogen) atoms. The number of aromatic nitrogens is 2. The summed E-state index contributed by atoms with van der Waals surface area (Å²) in [6.07, 6.45) is 2.39. The summed E-state index contributed by atoms with van der Waals surface area (Å²) in [5.74, 6) is 0.695. The van der Waals surface area contributed by atoms with Crippen LogP contribution in [0.5, 0.6) is 5.75 Å². The van der Waals surface area contributed by atoms with Gasteiger partial charge in [0.2, 0.25) is 0 Å². The fourth-order valence-corrected chi connectivity index (χ4v) is 2.30. The molecule has 0 aliphatic rings. The van der Waals surface area contributed by atoms with Crippen LogP contribution in [-0.2, 0) is 12.0 Å². The number of methoxy groups -OCH3 is 1. The normalized spacial score (nSPS) is 14.3. The number of aliphatic hydroxyl groups is 1. The summed E-state index contributed by atoms with van der Waals surface area (Å²) < 4.78 is 7.22. The summed E-state index contributed by atoms with van der Waals surface area (Å²) in [5, 5.41) is 15.3. The van der Waals surface area contributed by atoms with Gasteiger partial charge in [-0.05, 0) is 32.9 Å². The first kappa shape index (κ1) is 14.6. The molecule has 1 unspecified atom stereocenters. The zero-order chi connectivity index (χ0) is 14.8. The third kappa shape index (κ3) is 3.02. The number of para-hydroxylation sites is 1. The maximum atomic E-state index is 10.8. The minimum absolute atomic E-state index is 0.319. The number of nitrogens with zero attached hydrogens (tertiary/aromatic N) is 2. The van der Waals surface area contributed by atoms with Gasteiger partial charge in [-0.15, -0.1) is 0 Å². The molecule has 1 aromatic carbocycles. The second kappa shape index (κ2) is 5.67. The van der Waals surface area contributed by atoms with E-state index in [1.807, 2.05) is 41.2 Å². The van der Waals surface area contributed by atoms with Gasteiger partial charge in [-0.2, -0.15) is 5.10 Å². The number of hydrogen-bond donors (Lipinski definition) is 1. The molecular weight excluding hydrogens is 252 g/mol. The van der Waals surface area contributed by atoms with Crippen molar-refractivity contribution in [3.63, 3.8) is 0 Å². The molecule has 2 rings (SSSR count). The highest BCUT2D eigenvalue weighted by atomic mass is 16.5.